The summed E-state index contributed by atoms with van der Waals surface area (Å²) >= 11 is 0. The Hall–Kier alpha value is -2.63. The maximum Gasteiger partial charge on any atom is 0.336 e. The van der Waals surface area contributed by atoms with Crippen LogP contribution >= 0.6 is 0 Å². The van der Waals surface area contributed by atoms with Crippen LogP contribution in [-0.2, 0) is 4.79 Å². The number of nitrogens with one attached hydrogen (secondary N) is 2. The van der Waals surface area contributed by atoms with Gasteiger partial charge in [0.25, 0.3) is 5.91 Å². The zero-order valence-corrected chi connectivity index (χ0v) is 11.6. The van der Waals surface area contributed by atoms with Crippen molar-refractivity contribution in [3.63, 3.8) is 0 Å². The van der Waals surface area contributed by atoms with E-state index in [1.807, 2.05) is 26.0 Å². The van der Waals surface area contributed by atoms with Crippen molar-refractivity contribution in [1.82, 2.24) is 15.2 Å². The van der Waals surface area contributed by atoms with Crippen LogP contribution in [0.15, 0.2) is 24.3 Å². The highest BCUT2D eigenvalue weighted by molar-refractivity contribution is 6.00. The Labute approximate surface area is 116 Å². The van der Waals surface area contributed by atoms with Crippen LogP contribution in [0.1, 0.15) is 16.7 Å². The van der Waals surface area contributed by atoms with Gasteiger partial charge in [0.05, 0.1) is 7.11 Å². The molecule has 0 radical (unpaired) electrons. The normalized spacial score (nSPS) is 10.8. The first kappa shape index (κ1) is 13.8. The first-order chi connectivity index (χ1) is 9.58. The number of aromatic amines is 1. The predicted octanol–water partition coefficient (Wildman–Crippen LogP) is 2.08. The van der Waals surface area contributed by atoms with Crippen LogP contribution in [-0.4, -0.2) is 28.2 Å². The molecule has 104 valence electrons. The second-order valence-corrected chi connectivity index (χ2v) is 4.35. The minimum Gasteiger partial charge on any atom is -0.466 e. The van der Waals surface area contributed by atoms with Gasteiger partial charge in [-0.15, -0.1) is 5.10 Å². The average molecular weight is 272 g/mol. The van der Waals surface area contributed by atoms with Gasteiger partial charge in [0.2, 0.25) is 5.95 Å². The first-order valence-electron chi connectivity index (χ1n) is 6.11. The van der Waals surface area contributed by atoms with Crippen molar-refractivity contribution in [2.75, 3.05) is 12.4 Å². The molecule has 1 amide bonds. The van der Waals surface area contributed by atoms with Gasteiger partial charge >= 0.3 is 6.01 Å². The van der Waals surface area contributed by atoms with Crippen molar-refractivity contribution in [3.8, 4) is 6.01 Å². The maximum absolute atomic E-state index is 11.7. The first-order valence-corrected chi connectivity index (χ1v) is 6.11. The van der Waals surface area contributed by atoms with Crippen molar-refractivity contribution in [2.24, 2.45) is 0 Å². The summed E-state index contributed by atoms with van der Waals surface area (Å²) in [5.41, 5.74) is 3.31. The third-order valence-corrected chi connectivity index (χ3v) is 2.73. The average Bonchev–Trinajstić information content (AvgIpc) is 2.85. The predicted molar refractivity (Wildman–Crippen MR) is 76.5 cm³/mol. The third-order valence-electron chi connectivity index (χ3n) is 2.73. The number of carbonyl (C=O) groups excluding carboxylic acids is 1. The van der Waals surface area contributed by atoms with Crippen molar-refractivity contribution in [3.05, 3.63) is 41.0 Å². The fraction of sp³-hybridized carbons (Fsp3) is 0.214. The fourth-order valence-electron chi connectivity index (χ4n) is 1.73. The van der Waals surface area contributed by atoms with Crippen LogP contribution in [0.25, 0.3) is 6.08 Å². The summed E-state index contributed by atoms with van der Waals surface area (Å²) in [5, 5.41) is 8.85. The Kier molecular flexibility index (Phi) is 4.14. The quantitative estimate of drug-likeness (QED) is 0.835. The van der Waals surface area contributed by atoms with Crippen LogP contribution in [0.5, 0.6) is 6.01 Å². The summed E-state index contributed by atoms with van der Waals surface area (Å²) in [4.78, 5) is 15.6. The number of rotatable bonds is 4. The molecule has 0 unspecified atom stereocenters. The zero-order valence-electron chi connectivity index (χ0n) is 11.6. The number of H-pyrrole nitrogens is 1. The molecule has 1 aromatic carbocycles. The van der Waals surface area contributed by atoms with Crippen molar-refractivity contribution in [1.29, 1.82) is 0 Å². The van der Waals surface area contributed by atoms with E-state index in [1.165, 1.54) is 18.7 Å². The van der Waals surface area contributed by atoms with Crippen molar-refractivity contribution >= 4 is 17.9 Å². The van der Waals surface area contributed by atoms with Crippen LogP contribution < -0.4 is 10.1 Å². The summed E-state index contributed by atoms with van der Waals surface area (Å²) in [6.45, 7) is 4.04. The molecule has 0 aliphatic heterocycles. The number of hydrogen-bond acceptors (Lipinski definition) is 4. The summed E-state index contributed by atoms with van der Waals surface area (Å²) in [6.07, 6.45) is 3.21. The maximum atomic E-state index is 11.7. The van der Waals surface area contributed by atoms with Gasteiger partial charge in [-0.1, -0.05) is 23.8 Å². The lowest BCUT2D eigenvalue weighted by molar-refractivity contribution is -0.111. The van der Waals surface area contributed by atoms with Gasteiger partial charge in [0.1, 0.15) is 0 Å². The molecule has 0 aliphatic rings. The van der Waals surface area contributed by atoms with Gasteiger partial charge in [0, 0.05) is 6.08 Å². The van der Waals surface area contributed by atoms with Gasteiger partial charge in [-0.3, -0.25) is 10.1 Å². The van der Waals surface area contributed by atoms with E-state index in [4.69, 9.17) is 4.74 Å². The topological polar surface area (TPSA) is 79.9 Å². The standard InChI is InChI=1S/C14H16N4O2/c1-9-4-5-11(10(2)8-9)6-7-12(19)15-13-16-14(20-3)18-17-13/h4-8H,1-3H3,(H2,15,16,17,18,19)/b7-6+. The van der Waals surface area contributed by atoms with Gasteiger partial charge in [-0.05, 0) is 31.1 Å². The van der Waals surface area contributed by atoms with E-state index in [9.17, 15) is 4.79 Å². The second-order valence-electron chi connectivity index (χ2n) is 4.35. The van der Waals surface area contributed by atoms with Gasteiger partial charge < -0.3 is 4.74 Å². The summed E-state index contributed by atoms with van der Waals surface area (Å²) in [6, 6.07) is 6.23. The lowest BCUT2D eigenvalue weighted by Crippen LogP contribution is -2.09. The largest absolute Gasteiger partial charge is 0.466 e. The van der Waals surface area contributed by atoms with Gasteiger partial charge in [-0.25, -0.2) is 5.10 Å². The van der Waals surface area contributed by atoms with E-state index < -0.39 is 0 Å². The minimum atomic E-state index is -0.288. The number of methoxy groups -OCH3 is 1. The Morgan fingerprint density at radius 3 is 2.85 bits per heavy atom. The zero-order chi connectivity index (χ0) is 14.5. The molecule has 0 saturated heterocycles. The van der Waals surface area contributed by atoms with E-state index in [0.29, 0.717) is 0 Å². The van der Waals surface area contributed by atoms with Crippen LogP contribution in [0, 0.1) is 13.8 Å². The fourth-order valence-corrected chi connectivity index (χ4v) is 1.73. The van der Waals surface area contributed by atoms with E-state index in [0.717, 1.165) is 11.1 Å². The molecule has 6 nitrogen and oxygen atoms in total. The molecule has 6 heteroatoms. The molecular formula is C14H16N4O2. The molecule has 0 spiro atoms. The molecular weight excluding hydrogens is 256 g/mol. The summed E-state index contributed by atoms with van der Waals surface area (Å²) < 4.78 is 4.81. The minimum absolute atomic E-state index is 0.179. The van der Waals surface area contributed by atoms with Crippen LogP contribution in [0.3, 0.4) is 0 Å². The van der Waals surface area contributed by atoms with Crippen LogP contribution in [0.4, 0.5) is 5.95 Å². The molecule has 0 bridgehead atoms. The number of hydrogen-bond donors (Lipinski definition) is 2. The van der Waals surface area contributed by atoms with Crippen molar-refractivity contribution < 1.29 is 9.53 Å². The number of ether oxygens (including phenoxy) is 1. The van der Waals surface area contributed by atoms with Gasteiger partial charge in [0.15, 0.2) is 0 Å². The van der Waals surface area contributed by atoms with Gasteiger partial charge in [-0.2, -0.15) is 4.98 Å². The number of benzene rings is 1. The SMILES string of the molecule is COc1n[nH]c(NC(=O)/C=C/c2ccc(C)cc2C)n1. The molecule has 1 aromatic heterocycles. The molecule has 1 heterocycles. The molecule has 0 saturated carbocycles. The van der Waals surface area contributed by atoms with E-state index in [2.05, 4.69) is 26.6 Å². The molecule has 0 aliphatic carbocycles. The lowest BCUT2D eigenvalue weighted by Gasteiger charge is -2.01. The number of aromatic nitrogens is 3. The number of amides is 1. The number of anilines is 1. The molecule has 2 aromatic rings. The Bertz CT molecular complexity index is 646. The van der Waals surface area contributed by atoms with Crippen LogP contribution in [0.2, 0.25) is 0 Å². The van der Waals surface area contributed by atoms with E-state index in [-0.39, 0.29) is 17.9 Å². The van der Waals surface area contributed by atoms with E-state index in [1.54, 1.807) is 6.08 Å². The van der Waals surface area contributed by atoms with E-state index >= 15 is 0 Å². The smallest absolute Gasteiger partial charge is 0.336 e. The number of nitrogens with zero attached hydrogens (tertiary/aromatic N) is 2. The third kappa shape index (κ3) is 3.44. The Morgan fingerprint density at radius 2 is 2.20 bits per heavy atom. The monoisotopic (exact) mass is 272 g/mol. The summed E-state index contributed by atoms with van der Waals surface area (Å²) in [5.74, 6) is -0.0408. The molecule has 0 atom stereocenters. The Balaban J connectivity index is 2.01. The summed E-state index contributed by atoms with van der Waals surface area (Å²) in [7, 11) is 1.45. The number of carbonyl (C=O) groups is 1. The Morgan fingerprint density at radius 1 is 1.40 bits per heavy atom. The highest BCUT2D eigenvalue weighted by Crippen LogP contribution is 2.12. The number of aryl methyl sites for hydroxylation is 2. The molecule has 0 fully saturated rings. The highest BCUT2D eigenvalue weighted by Gasteiger charge is 2.04. The second kappa shape index (κ2) is 6.01. The highest BCUT2D eigenvalue weighted by atomic mass is 16.5. The molecule has 2 rings (SSSR count). The molecule has 2 N–H and O–H groups in total. The van der Waals surface area contributed by atoms with Crippen molar-refractivity contribution in [2.45, 2.75) is 13.8 Å². The lowest BCUT2D eigenvalue weighted by atomic mass is 10.1. The molecule has 20 heavy (non-hydrogen) atoms.